The van der Waals surface area contributed by atoms with Gasteiger partial charge in [0.2, 0.25) is 0 Å². The summed E-state index contributed by atoms with van der Waals surface area (Å²) in [7, 11) is 0. The molecule has 0 aliphatic heterocycles. The number of nitrogens with two attached hydrogens (primary N) is 1. The smallest absolute Gasteiger partial charge is 0.150 e. The molecular weight excluding hydrogens is 354 g/mol. The van der Waals surface area contributed by atoms with Gasteiger partial charge in [0.15, 0.2) is 5.82 Å². The lowest BCUT2D eigenvalue weighted by Gasteiger charge is -2.23. The fourth-order valence-electron chi connectivity index (χ4n) is 2.27. The quantitative estimate of drug-likeness (QED) is 0.743. The van der Waals surface area contributed by atoms with Gasteiger partial charge >= 0.3 is 0 Å². The monoisotopic (exact) mass is 367 g/mol. The van der Waals surface area contributed by atoms with E-state index in [2.05, 4.69) is 49.1 Å². The lowest BCUT2D eigenvalue weighted by Crippen LogP contribution is -2.29. The Kier molecular flexibility index (Phi) is 4.07. The zero-order valence-corrected chi connectivity index (χ0v) is 14.1. The highest BCUT2D eigenvalue weighted by Crippen LogP contribution is 2.34. The van der Waals surface area contributed by atoms with Gasteiger partial charge in [-0.1, -0.05) is 6.07 Å². The van der Waals surface area contributed by atoms with Crippen molar-refractivity contribution in [2.45, 2.75) is 19.0 Å². The molecular formula is C14H14BrN3S2. The average molecular weight is 368 g/mol. The van der Waals surface area contributed by atoms with Crippen molar-refractivity contribution in [3.8, 4) is 10.7 Å². The number of hydrogen-bond acceptors (Lipinski definition) is 4. The Balaban J connectivity index is 2.07. The maximum absolute atomic E-state index is 6.24. The minimum atomic E-state index is 0.00784. The lowest BCUT2D eigenvalue weighted by molar-refractivity contribution is 0.508. The van der Waals surface area contributed by atoms with Crippen LogP contribution in [0.3, 0.4) is 0 Å². The molecule has 20 heavy (non-hydrogen) atoms. The van der Waals surface area contributed by atoms with Crippen LogP contribution in [0.5, 0.6) is 0 Å². The van der Waals surface area contributed by atoms with E-state index in [4.69, 9.17) is 5.73 Å². The van der Waals surface area contributed by atoms with Crippen LogP contribution in [0.4, 0.5) is 0 Å². The highest BCUT2D eigenvalue weighted by atomic mass is 79.9. The molecule has 0 saturated carbocycles. The Hall–Kier alpha value is -0.950. The first-order valence-corrected chi connectivity index (χ1v) is 8.73. The van der Waals surface area contributed by atoms with E-state index < -0.39 is 0 Å². The summed E-state index contributed by atoms with van der Waals surface area (Å²) < 4.78 is 3.30. The first-order valence-electron chi connectivity index (χ1n) is 6.24. The van der Waals surface area contributed by atoms with Crippen LogP contribution in [0.1, 0.15) is 17.8 Å². The molecule has 0 radical (unpaired) electrons. The summed E-state index contributed by atoms with van der Waals surface area (Å²) in [5, 5.41) is 2.07. The number of halogens is 1. The standard InChI is InChI=1S/C14H14BrN3S2/c1-9(16)13(10-4-5-12(15)20-10)18-7-6-17-14(18)11-3-2-8-19-11/h2-9,13H,16H2,1H3. The maximum atomic E-state index is 6.24. The summed E-state index contributed by atoms with van der Waals surface area (Å²) in [5.41, 5.74) is 6.24. The highest BCUT2D eigenvalue weighted by Gasteiger charge is 2.23. The number of thiophene rings is 2. The van der Waals surface area contributed by atoms with Gasteiger partial charge in [0.25, 0.3) is 0 Å². The van der Waals surface area contributed by atoms with Crippen molar-refractivity contribution in [2.75, 3.05) is 0 Å². The molecule has 0 bridgehead atoms. The predicted molar refractivity (Wildman–Crippen MR) is 89.3 cm³/mol. The molecule has 3 aromatic rings. The van der Waals surface area contributed by atoms with Crippen molar-refractivity contribution in [1.82, 2.24) is 9.55 Å². The third-order valence-electron chi connectivity index (χ3n) is 3.09. The Morgan fingerprint density at radius 1 is 1.35 bits per heavy atom. The zero-order valence-electron chi connectivity index (χ0n) is 10.9. The number of imidazole rings is 1. The summed E-state index contributed by atoms with van der Waals surface area (Å²) in [6, 6.07) is 8.44. The average Bonchev–Trinajstić information content (AvgIpc) is 3.10. The van der Waals surface area contributed by atoms with Crippen molar-refractivity contribution < 1.29 is 0 Å². The molecule has 3 heterocycles. The Bertz CT molecular complexity index is 685. The molecule has 3 rings (SSSR count). The van der Waals surface area contributed by atoms with Gasteiger partial charge in [-0.25, -0.2) is 4.98 Å². The Labute approximate surface area is 134 Å². The van der Waals surface area contributed by atoms with Crippen LogP contribution in [0.2, 0.25) is 0 Å². The minimum Gasteiger partial charge on any atom is -0.326 e. The van der Waals surface area contributed by atoms with Gasteiger partial charge in [0.05, 0.1) is 14.7 Å². The third kappa shape index (κ3) is 2.61. The summed E-state index contributed by atoms with van der Waals surface area (Å²) in [6.45, 7) is 2.04. The van der Waals surface area contributed by atoms with Crippen molar-refractivity contribution in [1.29, 1.82) is 0 Å². The van der Waals surface area contributed by atoms with Gasteiger partial charge in [-0.05, 0) is 46.4 Å². The molecule has 2 unspecified atom stereocenters. The zero-order chi connectivity index (χ0) is 14.1. The SMILES string of the molecule is CC(N)C(c1ccc(Br)s1)n1ccnc1-c1cccs1. The van der Waals surface area contributed by atoms with E-state index in [0.717, 1.165) is 14.5 Å². The summed E-state index contributed by atoms with van der Waals surface area (Å²) in [5.74, 6) is 0.979. The second-order valence-corrected chi connectivity index (χ2v) is 8.02. The number of aromatic nitrogens is 2. The Morgan fingerprint density at radius 2 is 2.20 bits per heavy atom. The van der Waals surface area contributed by atoms with Gasteiger partial charge in [-0.15, -0.1) is 22.7 Å². The van der Waals surface area contributed by atoms with E-state index in [0.29, 0.717) is 0 Å². The van der Waals surface area contributed by atoms with Crippen LogP contribution >= 0.6 is 38.6 Å². The third-order valence-corrected chi connectivity index (χ3v) is 5.65. The normalized spacial score (nSPS) is 14.3. The van der Waals surface area contributed by atoms with Crippen molar-refractivity contribution in [3.05, 3.63) is 50.7 Å². The van der Waals surface area contributed by atoms with Crippen molar-refractivity contribution in [3.63, 3.8) is 0 Å². The highest BCUT2D eigenvalue weighted by molar-refractivity contribution is 9.11. The second kappa shape index (κ2) is 5.81. The van der Waals surface area contributed by atoms with Crippen LogP contribution in [0, 0.1) is 0 Å². The molecule has 104 valence electrons. The van der Waals surface area contributed by atoms with E-state index in [-0.39, 0.29) is 12.1 Å². The minimum absolute atomic E-state index is 0.00784. The molecule has 0 spiro atoms. The van der Waals surface area contributed by atoms with Crippen LogP contribution in [0.15, 0.2) is 45.8 Å². The van der Waals surface area contributed by atoms with Crippen molar-refractivity contribution >= 4 is 38.6 Å². The molecule has 2 N–H and O–H groups in total. The van der Waals surface area contributed by atoms with Gasteiger partial charge in [-0.2, -0.15) is 0 Å². The van der Waals surface area contributed by atoms with Gasteiger partial charge in [0.1, 0.15) is 0 Å². The molecule has 0 saturated heterocycles. The fourth-order valence-corrected chi connectivity index (χ4v) is 4.63. The van der Waals surface area contributed by atoms with Gasteiger partial charge < -0.3 is 10.3 Å². The number of hydrogen-bond donors (Lipinski definition) is 1. The molecule has 0 amide bonds. The van der Waals surface area contributed by atoms with Gasteiger partial charge in [-0.3, -0.25) is 0 Å². The van der Waals surface area contributed by atoms with E-state index in [1.807, 2.05) is 25.4 Å². The van der Waals surface area contributed by atoms with E-state index >= 15 is 0 Å². The molecule has 0 aliphatic rings. The summed E-state index contributed by atoms with van der Waals surface area (Å²) >= 11 is 6.94. The summed E-state index contributed by atoms with van der Waals surface area (Å²) in [4.78, 5) is 6.91. The summed E-state index contributed by atoms with van der Waals surface area (Å²) in [6.07, 6.45) is 3.85. The van der Waals surface area contributed by atoms with E-state index in [9.17, 15) is 0 Å². The van der Waals surface area contributed by atoms with Crippen LogP contribution in [-0.4, -0.2) is 15.6 Å². The molecule has 6 heteroatoms. The molecule has 0 fully saturated rings. The van der Waals surface area contributed by atoms with Crippen LogP contribution in [0.25, 0.3) is 10.7 Å². The molecule has 0 aromatic carbocycles. The first-order chi connectivity index (χ1) is 9.66. The number of rotatable bonds is 4. The molecule has 2 atom stereocenters. The van der Waals surface area contributed by atoms with Gasteiger partial charge in [0, 0.05) is 23.3 Å². The van der Waals surface area contributed by atoms with Crippen LogP contribution < -0.4 is 5.73 Å². The largest absolute Gasteiger partial charge is 0.326 e. The predicted octanol–water partition coefficient (Wildman–Crippen LogP) is 4.37. The lowest BCUT2D eigenvalue weighted by atomic mass is 10.1. The van der Waals surface area contributed by atoms with Crippen LogP contribution in [-0.2, 0) is 0 Å². The maximum Gasteiger partial charge on any atom is 0.150 e. The van der Waals surface area contributed by atoms with E-state index in [1.54, 1.807) is 22.7 Å². The Morgan fingerprint density at radius 3 is 2.80 bits per heavy atom. The first kappa shape index (κ1) is 14.0. The fraction of sp³-hybridized carbons (Fsp3) is 0.214. The molecule has 3 nitrogen and oxygen atoms in total. The molecule has 0 aliphatic carbocycles. The number of nitrogens with zero attached hydrogens (tertiary/aromatic N) is 2. The topological polar surface area (TPSA) is 43.8 Å². The van der Waals surface area contributed by atoms with Crippen molar-refractivity contribution in [2.24, 2.45) is 5.73 Å². The second-order valence-electron chi connectivity index (χ2n) is 4.58. The van der Waals surface area contributed by atoms with E-state index in [1.165, 1.54) is 4.88 Å². The molecule has 3 aromatic heterocycles.